The van der Waals surface area contributed by atoms with Gasteiger partial charge < -0.3 is 5.32 Å². The van der Waals surface area contributed by atoms with Crippen LogP contribution in [0.15, 0.2) is 66.9 Å². The third-order valence-corrected chi connectivity index (χ3v) is 3.95. The van der Waals surface area contributed by atoms with Gasteiger partial charge in [-0.15, -0.1) is 0 Å². The average molecular weight is 301 g/mol. The van der Waals surface area contributed by atoms with Gasteiger partial charge in [-0.25, -0.2) is 0 Å². The van der Waals surface area contributed by atoms with Crippen molar-refractivity contribution in [3.63, 3.8) is 0 Å². The van der Waals surface area contributed by atoms with Crippen molar-refractivity contribution in [2.45, 2.75) is 6.42 Å². The number of benzene rings is 3. The number of rotatable bonds is 3. The summed E-state index contributed by atoms with van der Waals surface area (Å²) in [6.45, 7) is 0. The minimum absolute atomic E-state index is 0.0239. The van der Waals surface area contributed by atoms with Gasteiger partial charge in [0.15, 0.2) is 0 Å². The zero-order chi connectivity index (χ0) is 15.6. The third-order valence-electron chi connectivity index (χ3n) is 3.95. The molecule has 0 radical (unpaired) electrons. The van der Waals surface area contributed by atoms with E-state index in [0.29, 0.717) is 6.42 Å². The predicted molar refractivity (Wildman–Crippen MR) is 92.4 cm³/mol. The lowest BCUT2D eigenvalue weighted by molar-refractivity contribution is -0.115. The summed E-state index contributed by atoms with van der Waals surface area (Å²) in [5.74, 6) is -0.0239. The van der Waals surface area contributed by atoms with Crippen LogP contribution in [0.4, 0.5) is 5.69 Å². The number of aromatic amines is 1. The van der Waals surface area contributed by atoms with E-state index < -0.39 is 0 Å². The zero-order valence-electron chi connectivity index (χ0n) is 12.4. The second-order valence-electron chi connectivity index (χ2n) is 5.54. The first-order valence-corrected chi connectivity index (χ1v) is 7.49. The summed E-state index contributed by atoms with van der Waals surface area (Å²) >= 11 is 0. The van der Waals surface area contributed by atoms with E-state index in [9.17, 15) is 4.79 Å². The molecule has 0 atom stereocenters. The van der Waals surface area contributed by atoms with E-state index in [1.807, 2.05) is 42.5 Å². The van der Waals surface area contributed by atoms with Crippen LogP contribution in [0.25, 0.3) is 21.7 Å². The van der Waals surface area contributed by atoms with Crippen molar-refractivity contribution < 1.29 is 4.79 Å². The molecule has 4 nitrogen and oxygen atoms in total. The molecular formula is C19H15N3O. The molecule has 4 rings (SSSR count). The highest BCUT2D eigenvalue weighted by molar-refractivity contribution is 5.97. The summed E-state index contributed by atoms with van der Waals surface area (Å²) in [6, 6.07) is 19.9. The predicted octanol–water partition coefficient (Wildman–Crippen LogP) is 3.90. The number of carbonyl (C=O) groups excluding carboxylic acids is 1. The van der Waals surface area contributed by atoms with Crippen LogP contribution in [-0.4, -0.2) is 16.1 Å². The van der Waals surface area contributed by atoms with Gasteiger partial charge in [-0.05, 0) is 34.5 Å². The van der Waals surface area contributed by atoms with Gasteiger partial charge in [0.2, 0.25) is 5.91 Å². The molecule has 0 aliphatic heterocycles. The Bertz CT molecular complexity index is 998. The lowest BCUT2D eigenvalue weighted by Gasteiger charge is -2.08. The Morgan fingerprint density at radius 2 is 1.87 bits per heavy atom. The van der Waals surface area contributed by atoms with E-state index in [4.69, 9.17) is 0 Å². The van der Waals surface area contributed by atoms with Gasteiger partial charge in [-0.2, -0.15) is 5.10 Å². The number of H-pyrrole nitrogens is 1. The standard InChI is InChI=1S/C19H15N3O/c23-19(21-16-8-9-18-15(10-16)12-20-22-18)11-14-6-3-5-13-4-1-2-7-17(13)14/h1-10,12H,11H2,(H,20,22)(H,21,23). The molecular weight excluding hydrogens is 286 g/mol. The number of aromatic nitrogens is 2. The number of nitrogens with one attached hydrogen (secondary N) is 2. The number of hydrogen-bond acceptors (Lipinski definition) is 2. The van der Waals surface area contributed by atoms with Crippen molar-refractivity contribution in [3.8, 4) is 0 Å². The minimum atomic E-state index is -0.0239. The summed E-state index contributed by atoms with van der Waals surface area (Å²) in [5.41, 5.74) is 2.77. The van der Waals surface area contributed by atoms with Crippen LogP contribution in [0, 0.1) is 0 Å². The second kappa shape index (κ2) is 5.57. The Morgan fingerprint density at radius 1 is 1.00 bits per heavy atom. The first-order valence-electron chi connectivity index (χ1n) is 7.49. The Balaban J connectivity index is 1.57. The first kappa shape index (κ1) is 13.5. The topological polar surface area (TPSA) is 57.8 Å². The highest BCUT2D eigenvalue weighted by atomic mass is 16.1. The average Bonchev–Trinajstić information content (AvgIpc) is 3.03. The van der Waals surface area contributed by atoms with Crippen LogP contribution in [0.3, 0.4) is 0 Å². The van der Waals surface area contributed by atoms with E-state index in [1.165, 1.54) is 0 Å². The molecule has 0 unspecified atom stereocenters. The maximum absolute atomic E-state index is 12.4. The number of nitrogens with zero attached hydrogens (tertiary/aromatic N) is 1. The molecule has 0 bridgehead atoms. The van der Waals surface area contributed by atoms with Gasteiger partial charge in [0.1, 0.15) is 0 Å². The maximum atomic E-state index is 12.4. The van der Waals surface area contributed by atoms with Crippen LogP contribution in [0.5, 0.6) is 0 Å². The van der Waals surface area contributed by atoms with Crippen molar-refractivity contribution >= 4 is 33.3 Å². The van der Waals surface area contributed by atoms with Gasteiger partial charge in [-0.1, -0.05) is 42.5 Å². The molecule has 23 heavy (non-hydrogen) atoms. The van der Waals surface area contributed by atoms with Gasteiger partial charge in [0.25, 0.3) is 0 Å². The largest absolute Gasteiger partial charge is 0.326 e. The molecule has 0 aliphatic rings. The quantitative estimate of drug-likeness (QED) is 0.603. The molecule has 1 heterocycles. The van der Waals surface area contributed by atoms with E-state index in [1.54, 1.807) is 6.20 Å². The summed E-state index contributed by atoms with van der Waals surface area (Å²) in [4.78, 5) is 12.4. The maximum Gasteiger partial charge on any atom is 0.228 e. The summed E-state index contributed by atoms with van der Waals surface area (Å²) < 4.78 is 0. The minimum Gasteiger partial charge on any atom is -0.326 e. The monoisotopic (exact) mass is 301 g/mol. The van der Waals surface area contributed by atoms with E-state index >= 15 is 0 Å². The van der Waals surface area contributed by atoms with E-state index in [2.05, 4.69) is 33.7 Å². The molecule has 2 N–H and O–H groups in total. The van der Waals surface area contributed by atoms with Gasteiger partial charge in [0, 0.05) is 11.1 Å². The molecule has 0 aliphatic carbocycles. The fraction of sp³-hybridized carbons (Fsp3) is 0.0526. The highest BCUT2D eigenvalue weighted by Gasteiger charge is 2.08. The molecule has 1 aromatic heterocycles. The second-order valence-corrected chi connectivity index (χ2v) is 5.54. The number of carbonyl (C=O) groups is 1. The Labute approximate surface area is 133 Å². The smallest absolute Gasteiger partial charge is 0.228 e. The van der Waals surface area contributed by atoms with Crippen molar-refractivity contribution in [1.82, 2.24) is 10.2 Å². The Hall–Kier alpha value is -3.14. The zero-order valence-corrected chi connectivity index (χ0v) is 12.4. The lowest BCUT2D eigenvalue weighted by atomic mass is 10.0. The van der Waals surface area contributed by atoms with Gasteiger partial charge in [0.05, 0.1) is 18.1 Å². The molecule has 0 spiro atoms. The van der Waals surface area contributed by atoms with Crippen LogP contribution >= 0.6 is 0 Å². The Morgan fingerprint density at radius 3 is 2.83 bits per heavy atom. The number of fused-ring (bicyclic) bond motifs is 2. The molecule has 4 aromatic rings. The SMILES string of the molecule is O=C(Cc1cccc2ccccc12)Nc1ccc2[nH]ncc2c1. The fourth-order valence-corrected chi connectivity index (χ4v) is 2.85. The van der Waals surface area contributed by atoms with Crippen LogP contribution in [0.1, 0.15) is 5.56 Å². The third kappa shape index (κ3) is 2.66. The molecule has 3 aromatic carbocycles. The normalized spacial score (nSPS) is 11.0. The molecule has 0 fully saturated rings. The van der Waals surface area contributed by atoms with Gasteiger partial charge >= 0.3 is 0 Å². The van der Waals surface area contributed by atoms with E-state index in [0.717, 1.165) is 32.9 Å². The number of amides is 1. The fourth-order valence-electron chi connectivity index (χ4n) is 2.85. The summed E-state index contributed by atoms with van der Waals surface area (Å²) in [5, 5.41) is 13.1. The molecule has 1 amide bonds. The van der Waals surface area contributed by atoms with Crippen LogP contribution in [0.2, 0.25) is 0 Å². The van der Waals surface area contributed by atoms with Gasteiger partial charge in [-0.3, -0.25) is 9.89 Å². The molecule has 0 saturated carbocycles. The summed E-state index contributed by atoms with van der Waals surface area (Å²) in [6.07, 6.45) is 2.10. The molecule has 4 heteroatoms. The van der Waals surface area contributed by atoms with Crippen LogP contribution in [-0.2, 0) is 11.2 Å². The Kier molecular flexibility index (Phi) is 3.27. The molecule has 112 valence electrons. The van der Waals surface area contributed by atoms with Crippen LogP contribution < -0.4 is 5.32 Å². The van der Waals surface area contributed by atoms with Crippen molar-refractivity contribution in [3.05, 3.63) is 72.4 Å². The van der Waals surface area contributed by atoms with Crippen molar-refractivity contribution in [2.24, 2.45) is 0 Å². The number of anilines is 1. The number of hydrogen-bond donors (Lipinski definition) is 2. The molecule has 0 saturated heterocycles. The van der Waals surface area contributed by atoms with E-state index in [-0.39, 0.29) is 5.91 Å². The highest BCUT2D eigenvalue weighted by Crippen LogP contribution is 2.20. The first-order chi connectivity index (χ1) is 11.3. The lowest BCUT2D eigenvalue weighted by Crippen LogP contribution is -2.14. The van der Waals surface area contributed by atoms with Crippen molar-refractivity contribution in [2.75, 3.05) is 5.32 Å². The van der Waals surface area contributed by atoms with Crippen molar-refractivity contribution in [1.29, 1.82) is 0 Å². The summed E-state index contributed by atoms with van der Waals surface area (Å²) in [7, 11) is 0.